The lowest BCUT2D eigenvalue weighted by Gasteiger charge is -2.36. The number of piperazine rings is 1. The molecule has 0 radical (unpaired) electrons. The molecule has 0 aliphatic carbocycles. The van der Waals surface area contributed by atoms with Crippen LogP contribution in [0.25, 0.3) is 11.1 Å². The quantitative estimate of drug-likeness (QED) is 0.618. The number of benzene rings is 1. The topological polar surface area (TPSA) is 97.6 Å². The molecule has 1 saturated heterocycles. The van der Waals surface area contributed by atoms with E-state index in [9.17, 15) is 18.5 Å². The van der Waals surface area contributed by atoms with Gasteiger partial charge in [-0.1, -0.05) is 24.6 Å². The largest absolute Gasteiger partial charge is 0.353 e. The number of nitriles is 1. The number of hydrogen-bond acceptors (Lipinski definition) is 6. The van der Waals surface area contributed by atoms with E-state index in [-0.39, 0.29) is 5.91 Å². The van der Waals surface area contributed by atoms with Crippen LogP contribution >= 0.6 is 11.6 Å². The van der Waals surface area contributed by atoms with Gasteiger partial charge in [0.1, 0.15) is 11.9 Å². The molecule has 0 spiro atoms. The second-order valence-corrected chi connectivity index (χ2v) is 11.0. The summed E-state index contributed by atoms with van der Waals surface area (Å²) in [5.41, 5.74) is 2.25. The van der Waals surface area contributed by atoms with E-state index in [0.717, 1.165) is 5.56 Å². The fourth-order valence-corrected chi connectivity index (χ4v) is 5.54. The lowest BCUT2D eigenvalue weighted by Crippen LogP contribution is -2.51. The molecular weight excluding hydrogens is 462 g/mol. The molecule has 1 fully saturated rings. The molecule has 0 bridgehead atoms. The van der Waals surface area contributed by atoms with Crippen molar-refractivity contribution in [2.24, 2.45) is 0 Å². The van der Waals surface area contributed by atoms with E-state index in [2.05, 4.69) is 11.1 Å². The average Bonchev–Trinajstić information content (AvgIpc) is 2.82. The third-order valence-corrected chi connectivity index (χ3v) is 8.66. The first-order valence-corrected chi connectivity index (χ1v) is 12.6. The van der Waals surface area contributed by atoms with Crippen LogP contribution in [0, 0.1) is 11.3 Å². The van der Waals surface area contributed by atoms with Crippen molar-refractivity contribution < 1.29 is 13.2 Å². The summed E-state index contributed by atoms with van der Waals surface area (Å²) in [7, 11) is 0.00784. The van der Waals surface area contributed by atoms with Crippen molar-refractivity contribution in [3.8, 4) is 17.2 Å². The zero-order chi connectivity index (χ0) is 24.3. The molecule has 33 heavy (non-hydrogen) atoms. The first kappa shape index (κ1) is 25.0. The van der Waals surface area contributed by atoms with Crippen LogP contribution in [-0.4, -0.2) is 74.0 Å². The van der Waals surface area contributed by atoms with Gasteiger partial charge in [0.15, 0.2) is 0 Å². The van der Waals surface area contributed by atoms with Gasteiger partial charge in [0.25, 0.3) is 5.91 Å². The van der Waals surface area contributed by atoms with Crippen molar-refractivity contribution in [3.05, 3.63) is 46.6 Å². The summed E-state index contributed by atoms with van der Waals surface area (Å²) in [6.07, 6.45) is 2.23. The van der Waals surface area contributed by atoms with Gasteiger partial charge >= 0.3 is 0 Å². The van der Waals surface area contributed by atoms with Gasteiger partial charge in [-0.05, 0) is 37.1 Å². The number of carbonyl (C=O) groups excluding carboxylic acids is 1. The molecule has 8 nitrogen and oxygen atoms in total. The number of amides is 1. The van der Waals surface area contributed by atoms with Crippen molar-refractivity contribution in [1.82, 2.24) is 14.2 Å². The third kappa shape index (κ3) is 5.13. The molecule has 1 aromatic carbocycles. The van der Waals surface area contributed by atoms with Crippen molar-refractivity contribution in [2.75, 3.05) is 45.2 Å². The summed E-state index contributed by atoms with van der Waals surface area (Å²) in [5.74, 6) is 0.347. The predicted molar refractivity (Wildman–Crippen MR) is 130 cm³/mol. The molecule has 1 atom stereocenters. The molecule has 2 heterocycles. The Morgan fingerprint density at radius 1 is 1.21 bits per heavy atom. The maximum Gasteiger partial charge on any atom is 0.254 e. The average molecular weight is 490 g/mol. The highest BCUT2D eigenvalue weighted by molar-refractivity contribution is 7.89. The number of hydrogen-bond donors (Lipinski definition) is 0. The van der Waals surface area contributed by atoms with Crippen LogP contribution in [0.4, 0.5) is 5.82 Å². The van der Waals surface area contributed by atoms with Gasteiger partial charge in [-0.2, -0.15) is 9.57 Å². The van der Waals surface area contributed by atoms with Gasteiger partial charge in [0.2, 0.25) is 10.0 Å². The number of sulfonamides is 1. The number of nitrogens with zero attached hydrogens (tertiary/aromatic N) is 5. The molecular formula is C23H28ClN5O3S. The fraction of sp³-hybridized carbons (Fsp3) is 0.435. The SMILES string of the molecule is CCC(C)S(=O)(=O)N1CCN(c2ncc(-c3ccc(C(=O)N(C)C)c(Cl)c3)cc2C#N)CC1. The van der Waals surface area contributed by atoms with Gasteiger partial charge < -0.3 is 9.80 Å². The number of carbonyl (C=O) groups is 1. The second kappa shape index (κ2) is 10.1. The molecule has 0 saturated carbocycles. The minimum atomic E-state index is -3.31. The Kier molecular flexibility index (Phi) is 7.62. The molecule has 1 amide bonds. The molecule has 2 aromatic rings. The van der Waals surface area contributed by atoms with Crippen LogP contribution in [0.3, 0.4) is 0 Å². The molecule has 1 aliphatic rings. The highest BCUT2D eigenvalue weighted by atomic mass is 35.5. The molecule has 176 valence electrons. The zero-order valence-corrected chi connectivity index (χ0v) is 20.8. The van der Waals surface area contributed by atoms with E-state index in [1.54, 1.807) is 51.5 Å². The van der Waals surface area contributed by atoms with Crippen LogP contribution in [0.15, 0.2) is 30.5 Å². The number of pyridine rings is 1. The molecule has 10 heteroatoms. The maximum absolute atomic E-state index is 12.6. The summed E-state index contributed by atoms with van der Waals surface area (Å²) in [6.45, 7) is 5.23. The Bertz CT molecular complexity index is 1190. The number of rotatable bonds is 6. The van der Waals surface area contributed by atoms with Crippen LogP contribution in [0.2, 0.25) is 5.02 Å². The Hall–Kier alpha value is -2.67. The van der Waals surface area contributed by atoms with Crippen molar-refractivity contribution in [3.63, 3.8) is 0 Å². The zero-order valence-electron chi connectivity index (χ0n) is 19.2. The lowest BCUT2D eigenvalue weighted by atomic mass is 10.0. The van der Waals surface area contributed by atoms with E-state index >= 15 is 0 Å². The van der Waals surface area contributed by atoms with Gasteiger partial charge in [-0.25, -0.2) is 13.4 Å². The normalized spacial score (nSPS) is 15.7. The highest BCUT2D eigenvalue weighted by Crippen LogP contribution is 2.29. The third-order valence-electron chi connectivity index (χ3n) is 5.91. The lowest BCUT2D eigenvalue weighted by molar-refractivity contribution is 0.0828. The van der Waals surface area contributed by atoms with Crippen molar-refractivity contribution in [2.45, 2.75) is 25.5 Å². The van der Waals surface area contributed by atoms with E-state index in [1.807, 2.05) is 11.8 Å². The predicted octanol–water partition coefficient (Wildman–Crippen LogP) is 3.23. The molecule has 1 aromatic heterocycles. The van der Waals surface area contributed by atoms with Crippen LogP contribution < -0.4 is 4.90 Å². The van der Waals surface area contributed by atoms with E-state index < -0.39 is 15.3 Å². The van der Waals surface area contributed by atoms with Crippen LogP contribution in [0.1, 0.15) is 36.2 Å². The minimum absolute atomic E-state index is 0.188. The van der Waals surface area contributed by atoms with Gasteiger partial charge in [-0.3, -0.25) is 4.79 Å². The monoisotopic (exact) mass is 489 g/mol. The smallest absolute Gasteiger partial charge is 0.254 e. The van der Waals surface area contributed by atoms with Crippen molar-refractivity contribution in [1.29, 1.82) is 5.26 Å². The summed E-state index contributed by atoms with van der Waals surface area (Å²) in [4.78, 5) is 20.1. The van der Waals surface area contributed by atoms with Gasteiger partial charge in [0, 0.05) is 52.0 Å². The Balaban J connectivity index is 1.81. The molecule has 3 rings (SSSR count). The Labute approximate surface area is 200 Å². The number of halogens is 1. The summed E-state index contributed by atoms with van der Waals surface area (Å²) >= 11 is 6.33. The second-order valence-electron chi connectivity index (χ2n) is 8.25. The summed E-state index contributed by atoms with van der Waals surface area (Å²) in [6, 6.07) is 9.07. The Morgan fingerprint density at radius 3 is 2.42 bits per heavy atom. The first-order valence-electron chi connectivity index (χ1n) is 10.8. The fourth-order valence-electron chi connectivity index (χ4n) is 3.68. The van der Waals surface area contributed by atoms with E-state index in [0.29, 0.717) is 60.1 Å². The molecule has 0 N–H and O–H groups in total. The van der Waals surface area contributed by atoms with Crippen molar-refractivity contribution >= 4 is 33.3 Å². The molecule has 1 unspecified atom stereocenters. The van der Waals surface area contributed by atoms with E-state index in [4.69, 9.17) is 11.6 Å². The van der Waals surface area contributed by atoms with Gasteiger partial charge in [0.05, 0.1) is 21.4 Å². The number of anilines is 1. The van der Waals surface area contributed by atoms with Crippen LogP contribution in [-0.2, 0) is 10.0 Å². The number of aromatic nitrogens is 1. The standard InChI is InChI=1S/C23H28ClN5O3S/c1-5-16(2)33(31,32)29-10-8-28(9-11-29)22-18(14-25)12-19(15-26-22)17-6-7-20(21(24)13-17)23(30)27(3)4/h6-7,12-13,15-16H,5,8-11H2,1-4H3. The first-order chi connectivity index (χ1) is 15.6. The minimum Gasteiger partial charge on any atom is -0.353 e. The van der Waals surface area contributed by atoms with E-state index in [1.165, 1.54) is 9.21 Å². The van der Waals surface area contributed by atoms with Crippen LogP contribution in [0.5, 0.6) is 0 Å². The maximum atomic E-state index is 12.6. The highest BCUT2D eigenvalue weighted by Gasteiger charge is 2.31. The molecule has 1 aliphatic heterocycles. The van der Waals surface area contributed by atoms with Gasteiger partial charge in [-0.15, -0.1) is 0 Å². The summed E-state index contributed by atoms with van der Waals surface area (Å²) < 4.78 is 26.8. The Morgan fingerprint density at radius 2 is 1.88 bits per heavy atom. The summed E-state index contributed by atoms with van der Waals surface area (Å²) in [5, 5.41) is 9.65.